The molecule has 0 radical (unpaired) electrons. The zero-order valence-electron chi connectivity index (χ0n) is 16.5. The van der Waals surface area contributed by atoms with E-state index < -0.39 is 0 Å². The molecule has 150 valence electrons. The number of nitrogens with zero attached hydrogens (tertiary/aromatic N) is 2. The van der Waals surface area contributed by atoms with Crippen molar-refractivity contribution in [3.63, 3.8) is 0 Å². The second-order valence-corrected chi connectivity index (χ2v) is 9.10. The Kier molecular flexibility index (Phi) is 6.37. The first kappa shape index (κ1) is 19.5. The molecule has 1 saturated heterocycles. The molecular weight excluding hydrogens is 370 g/mol. The van der Waals surface area contributed by atoms with Gasteiger partial charge in [0.05, 0.1) is 29.8 Å². The fourth-order valence-corrected chi connectivity index (χ4v) is 4.97. The Balaban J connectivity index is 1.51. The van der Waals surface area contributed by atoms with Crippen LogP contribution in [-0.2, 0) is 16.1 Å². The number of benzene rings is 1. The highest BCUT2D eigenvalue weighted by molar-refractivity contribution is 8.00. The average molecular weight is 400 g/mol. The van der Waals surface area contributed by atoms with Crippen LogP contribution in [0.4, 0.5) is 0 Å². The van der Waals surface area contributed by atoms with Crippen molar-refractivity contribution in [1.82, 2.24) is 14.9 Å². The summed E-state index contributed by atoms with van der Waals surface area (Å²) in [6.45, 7) is 3.59. The Morgan fingerprint density at radius 3 is 2.75 bits per heavy atom. The lowest BCUT2D eigenvalue weighted by atomic mass is 10.1. The molecule has 2 heterocycles. The first-order valence-electron chi connectivity index (χ1n) is 10.4. The molecule has 1 N–H and O–H groups in total. The lowest BCUT2D eigenvalue weighted by molar-refractivity contribution is -0.120. The molecule has 1 saturated carbocycles. The van der Waals surface area contributed by atoms with Crippen LogP contribution in [0.3, 0.4) is 0 Å². The van der Waals surface area contributed by atoms with Crippen molar-refractivity contribution in [2.75, 3.05) is 6.61 Å². The molecule has 1 aromatic heterocycles. The van der Waals surface area contributed by atoms with E-state index in [0.717, 1.165) is 55.2 Å². The minimum absolute atomic E-state index is 0.116. The maximum atomic E-state index is 12.6. The van der Waals surface area contributed by atoms with Crippen LogP contribution in [-0.4, -0.2) is 39.5 Å². The van der Waals surface area contributed by atoms with Gasteiger partial charge in [0.15, 0.2) is 5.16 Å². The van der Waals surface area contributed by atoms with Gasteiger partial charge in [-0.15, -0.1) is 0 Å². The molecule has 0 spiro atoms. The van der Waals surface area contributed by atoms with Crippen LogP contribution in [0, 0.1) is 0 Å². The molecule has 0 bridgehead atoms. The van der Waals surface area contributed by atoms with E-state index in [1.54, 1.807) is 11.8 Å². The van der Waals surface area contributed by atoms with Crippen LogP contribution < -0.4 is 5.32 Å². The van der Waals surface area contributed by atoms with Crippen molar-refractivity contribution in [3.8, 4) is 11.3 Å². The Morgan fingerprint density at radius 1 is 1.25 bits per heavy atom. The summed E-state index contributed by atoms with van der Waals surface area (Å²) in [4.78, 5) is 17.3. The van der Waals surface area contributed by atoms with E-state index in [9.17, 15) is 4.79 Å². The summed E-state index contributed by atoms with van der Waals surface area (Å²) in [7, 11) is 0. The highest BCUT2D eigenvalue weighted by atomic mass is 32.2. The number of carbonyl (C=O) groups is 1. The van der Waals surface area contributed by atoms with E-state index in [1.165, 1.54) is 12.8 Å². The maximum absolute atomic E-state index is 12.6. The van der Waals surface area contributed by atoms with E-state index >= 15 is 0 Å². The third-order valence-electron chi connectivity index (χ3n) is 5.65. The van der Waals surface area contributed by atoms with Crippen molar-refractivity contribution in [3.05, 3.63) is 36.5 Å². The second kappa shape index (κ2) is 9.14. The summed E-state index contributed by atoms with van der Waals surface area (Å²) in [6.07, 6.45) is 8.99. The van der Waals surface area contributed by atoms with Gasteiger partial charge in [-0.1, -0.05) is 54.9 Å². The van der Waals surface area contributed by atoms with Crippen molar-refractivity contribution < 1.29 is 9.53 Å². The standard InChI is InChI=1S/C22H29N3O2S/c1-16(21(26)24-18-10-5-6-11-18)28-22-23-14-20(17-8-3-2-4-9-17)25(22)15-19-12-7-13-27-19/h2-4,8-9,14,16,18-19H,5-7,10-13,15H2,1H3,(H,24,26). The minimum atomic E-state index is -0.171. The lowest BCUT2D eigenvalue weighted by Crippen LogP contribution is -2.37. The molecular formula is C22H29N3O2S. The Morgan fingerprint density at radius 2 is 2.04 bits per heavy atom. The summed E-state index contributed by atoms with van der Waals surface area (Å²) in [5.74, 6) is 0.116. The fraction of sp³-hybridized carbons (Fsp3) is 0.545. The molecule has 2 atom stereocenters. The molecule has 1 amide bonds. The number of amides is 1. The predicted molar refractivity (Wildman–Crippen MR) is 112 cm³/mol. The number of hydrogen-bond acceptors (Lipinski definition) is 4. The molecule has 1 aromatic carbocycles. The number of thioether (sulfide) groups is 1. The number of imidazole rings is 1. The molecule has 5 nitrogen and oxygen atoms in total. The number of carbonyl (C=O) groups excluding carboxylic acids is 1. The molecule has 2 aliphatic rings. The summed E-state index contributed by atoms with van der Waals surface area (Å²) in [6, 6.07) is 10.7. The van der Waals surface area contributed by atoms with Gasteiger partial charge in [-0.3, -0.25) is 4.79 Å². The van der Waals surface area contributed by atoms with Crippen LogP contribution in [0.2, 0.25) is 0 Å². The van der Waals surface area contributed by atoms with Crippen LogP contribution in [0.1, 0.15) is 45.4 Å². The smallest absolute Gasteiger partial charge is 0.233 e. The molecule has 2 unspecified atom stereocenters. The van der Waals surface area contributed by atoms with Gasteiger partial charge in [-0.05, 0) is 38.2 Å². The van der Waals surface area contributed by atoms with Crippen molar-refractivity contribution in [1.29, 1.82) is 0 Å². The number of hydrogen-bond donors (Lipinski definition) is 1. The van der Waals surface area contributed by atoms with Crippen LogP contribution in [0.5, 0.6) is 0 Å². The molecule has 4 rings (SSSR count). The number of rotatable bonds is 7. The predicted octanol–water partition coefficient (Wildman–Crippen LogP) is 4.27. The number of nitrogens with one attached hydrogen (secondary N) is 1. The zero-order valence-corrected chi connectivity index (χ0v) is 17.3. The van der Waals surface area contributed by atoms with E-state index in [4.69, 9.17) is 4.74 Å². The number of aromatic nitrogens is 2. The Labute approximate surface area is 171 Å². The molecule has 28 heavy (non-hydrogen) atoms. The monoisotopic (exact) mass is 399 g/mol. The summed E-state index contributed by atoms with van der Waals surface area (Å²) in [5, 5.41) is 3.93. The third-order valence-corrected chi connectivity index (χ3v) is 6.76. The van der Waals surface area contributed by atoms with Crippen molar-refractivity contribution in [2.45, 2.75) is 74.5 Å². The van der Waals surface area contributed by atoms with Gasteiger partial charge >= 0.3 is 0 Å². The number of ether oxygens (including phenoxy) is 1. The van der Waals surface area contributed by atoms with E-state index in [-0.39, 0.29) is 17.3 Å². The molecule has 2 fully saturated rings. The molecule has 1 aliphatic carbocycles. The van der Waals surface area contributed by atoms with Crippen LogP contribution in [0.25, 0.3) is 11.3 Å². The van der Waals surface area contributed by atoms with Gasteiger partial charge < -0.3 is 14.6 Å². The average Bonchev–Trinajstić information content (AvgIpc) is 3.46. The SMILES string of the molecule is CC(Sc1ncc(-c2ccccc2)n1CC1CCCO1)C(=O)NC1CCCC1. The Bertz CT molecular complexity index is 780. The first-order valence-corrected chi connectivity index (χ1v) is 11.3. The lowest BCUT2D eigenvalue weighted by Gasteiger charge is -2.19. The maximum Gasteiger partial charge on any atom is 0.233 e. The van der Waals surface area contributed by atoms with Crippen LogP contribution in [0.15, 0.2) is 41.7 Å². The van der Waals surface area contributed by atoms with Crippen LogP contribution >= 0.6 is 11.8 Å². The Hall–Kier alpha value is -1.79. The van der Waals surface area contributed by atoms with E-state index in [0.29, 0.717) is 6.04 Å². The van der Waals surface area contributed by atoms with Gasteiger partial charge in [0.1, 0.15) is 0 Å². The highest BCUT2D eigenvalue weighted by Crippen LogP contribution is 2.30. The van der Waals surface area contributed by atoms with Gasteiger partial charge in [-0.2, -0.15) is 0 Å². The zero-order chi connectivity index (χ0) is 19.3. The third kappa shape index (κ3) is 4.61. The summed E-state index contributed by atoms with van der Waals surface area (Å²) >= 11 is 1.54. The topological polar surface area (TPSA) is 56.2 Å². The summed E-state index contributed by atoms with van der Waals surface area (Å²) in [5.41, 5.74) is 2.23. The first-order chi connectivity index (χ1) is 13.7. The van der Waals surface area contributed by atoms with Crippen molar-refractivity contribution in [2.24, 2.45) is 0 Å². The summed E-state index contributed by atoms with van der Waals surface area (Å²) < 4.78 is 8.11. The van der Waals surface area contributed by atoms with Gasteiger partial charge in [0, 0.05) is 12.6 Å². The highest BCUT2D eigenvalue weighted by Gasteiger charge is 2.25. The minimum Gasteiger partial charge on any atom is -0.376 e. The fourth-order valence-electron chi connectivity index (χ4n) is 4.06. The van der Waals surface area contributed by atoms with Gasteiger partial charge in [0.25, 0.3) is 0 Å². The molecule has 6 heteroatoms. The molecule has 2 aromatic rings. The normalized spacial score (nSPS) is 21.1. The van der Waals surface area contributed by atoms with E-state index in [2.05, 4.69) is 27.0 Å². The largest absolute Gasteiger partial charge is 0.376 e. The second-order valence-electron chi connectivity index (χ2n) is 7.79. The van der Waals surface area contributed by atoms with E-state index in [1.807, 2.05) is 31.3 Å². The molecule has 1 aliphatic heterocycles. The quantitative estimate of drug-likeness (QED) is 0.707. The van der Waals surface area contributed by atoms with Gasteiger partial charge in [-0.25, -0.2) is 4.98 Å². The van der Waals surface area contributed by atoms with Gasteiger partial charge in [0.2, 0.25) is 5.91 Å². The van der Waals surface area contributed by atoms with Crippen molar-refractivity contribution >= 4 is 17.7 Å².